The summed E-state index contributed by atoms with van der Waals surface area (Å²) in [7, 11) is 0. The fourth-order valence-corrected chi connectivity index (χ4v) is 1.84. The minimum atomic E-state index is 0.333. The van der Waals surface area contributed by atoms with Crippen molar-refractivity contribution in [2.45, 2.75) is 13.8 Å². The van der Waals surface area contributed by atoms with Crippen LogP contribution in [0.25, 0.3) is 0 Å². The molecule has 1 aromatic heterocycles. The molecule has 0 atom stereocenters. The summed E-state index contributed by atoms with van der Waals surface area (Å²) in [5.41, 5.74) is 2.63. The van der Waals surface area contributed by atoms with E-state index in [2.05, 4.69) is 40.8 Å². The molecule has 0 saturated heterocycles. The lowest BCUT2D eigenvalue weighted by Crippen LogP contribution is -2.18. The van der Waals surface area contributed by atoms with E-state index in [1.54, 1.807) is 6.20 Å². The molecule has 0 unspecified atom stereocenters. The van der Waals surface area contributed by atoms with Gasteiger partial charge in [-0.2, -0.15) is 5.26 Å². The molecule has 90 valence electrons. The normalized spacial score (nSPS) is 9.83. The van der Waals surface area contributed by atoms with Crippen LogP contribution in [0.3, 0.4) is 0 Å². The van der Waals surface area contributed by atoms with E-state index in [0.29, 0.717) is 5.69 Å². The third-order valence-electron chi connectivity index (χ3n) is 2.75. The molecule has 1 heterocycles. The highest BCUT2D eigenvalue weighted by Gasteiger charge is 2.10. The van der Waals surface area contributed by atoms with Crippen LogP contribution in [0.2, 0.25) is 0 Å². The number of aromatic nitrogens is 2. The van der Waals surface area contributed by atoms with Gasteiger partial charge in [0.1, 0.15) is 6.07 Å². The number of benzene rings is 1. The van der Waals surface area contributed by atoms with Crippen molar-refractivity contribution in [3.8, 4) is 6.07 Å². The van der Waals surface area contributed by atoms with Crippen molar-refractivity contribution in [1.82, 2.24) is 9.97 Å². The Balaban J connectivity index is 2.40. The first-order valence-corrected chi connectivity index (χ1v) is 5.81. The van der Waals surface area contributed by atoms with Crippen molar-refractivity contribution in [2.24, 2.45) is 0 Å². The van der Waals surface area contributed by atoms with E-state index < -0.39 is 0 Å². The van der Waals surface area contributed by atoms with Crippen LogP contribution in [0.15, 0.2) is 36.7 Å². The molecular formula is C14H14N4. The van der Waals surface area contributed by atoms with Crippen LogP contribution in [-0.4, -0.2) is 16.5 Å². The Morgan fingerprint density at radius 1 is 1.22 bits per heavy atom. The third kappa shape index (κ3) is 2.30. The van der Waals surface area contributed by atoms with Gasteiger partial charge < -0.3 is 4.90 Å². The van der Waals surface area contributed by atoms with Gasteiger partial charge in [0.05, 0.1) is 12.4 Å². The molecule has 2 rings (SSSR count). The number of nitrogens with zero attached hydrogens (tertiary/aromatic N) is 4. The first kappa shape index (κ1) is 12.1. The zero-order valence-corrected chi connectivity index (χ0v) is 10.5. The first-order valence-electron chi connectivity index (χ1n) is 5.81. The predicted octanol–water partition coefficient (Wildman–Crippen LogP) is 2.81. The van der Waals surface area contributed by atoms with Gasteiger partial charge in [-0.05, 0) is 25.5 Å². The van der Waals surface area contributed by atoms with Crippen molar-refractivity contribution in [3.05, 3.63) is 47.9 Å². The molecule has 2 aromatic rings. The van der Waals surface area contributed by atoms with Crippen LogP contribution in [0.5, 0.6) is 0 Å². The fourth-order valence-electron chi connectivity index (χ4n) is 1.84. The lowest BCUT2D eigenvalue weighted by atomic mass is 10.2. The average Bonchev–Trinajstić information content (AvgIpc) is 2.42. The highest BCUT2D eigenvalue weighted by atomic mass is 15.2. The van der Waals surface area contributed by atoms with E-state index in [1.165, 1.54) is 11.8 Å². The maximum Gasteiger partial charge on any atom is 0.158 e. The molecule has 0 amide bonds. The van der Waals surface area contributed by atoms with E-state index in [9.17, 15) is 0 Å². The van der Waals surface area contributed by atoms with Crippen LogP contribution in [0, 0.1) is 18.3 Å². The van der Waals surface area contributed by atoms with Gasteiger partial charge in [-0.25, -0.2) is 9.97 Å². The summed E-state index contributed by atoms with van der Waals surface area (Å²) in [6.45, 7) is 4.92. The monoisotopic (exact) mass is 238 g/mol. The van der Waals surface area contributed by atoms with Gasteiger partial charge in [-0.3, -0.25) is 0 Å². The second kappa shape index (κ2) is 5.28. The molecule has 4 nitrogen and oxygen atoms in total. The molecular weight excluding hydrogens is 224 g/mol. The summed E-state index contributed by atoms with van der Waals surface area (Å²) in [4.78, 5) is 10.4. The summed E-state index contributed by atoms with van der Waals surface area (Å²) < 4.78 is 0. The van der Waals surface area contributed by atoms with Crippen LogP contribution in [-0.2, 0) is 0 Å². The van der Waals surface area contributed by atoms with Crippen molar-refractivity contribution in [1.29, 1.82) is 5.26 Å². The number of hydrogen-bond donors (Lipinski definition) is 0. The molecule has 0 N–H and O–H groups in total. The maximum atomic E-state index is 8.72. The molecule has 0 saturated carbocycles. The van der Waals surface area contributed by atoms with Gasteiger partial charge in [0.2, 0.25) is 0 Å². The number of anilines is 2. The number of hydrogen-bond acceptors (Lipinski definition) is 4. The first-order chi connectivity index (χ1) is 8.76. The summed E-state index contributed by atoms with van der Waals surface area (Å²) in [5, 5.41) is 8.72. The Kier molecular flexibility index (Phi) is 3.54. The Bertz CT molecular complexity index is 569. The second-order valence-electron chi connectivity index (χ2n) is 3.90. The minimum Gasteiger partial charge on any atom is -0.325 e. The van der Waals surface area contributed by atoms with Crippen molar-refractivity contribution in [3.63, 3.8) is 0 Å². The van der Waals surface area contributed by atoms with E-state index in [4.69, 9.17) is 5.26 Å². The van der Waals surface area contributed by atoms with Crippen LogP contribution < -0.4 is 4.90 Å². The van der Waals surface area contributed by atoms with Gasteiger partial charge in [0.25, 0.3) is 0 Å². The lowest BCUT2D eigenvalue weighted by Gasteiger charge is -2.23. The molecule has 0 radical (unpaired) electrons. The van der Waals surface area contributed by atoms with Crippen LogP contribution >= 0.6 is 0 Å². The highest BCUT2D eigenvalue weighted by molar-refractivity contribution is 5.62. The second-order valence-corrected chi connectivity index (χ2v) is 3.90. The van der Waals surface area contributed by atoms with E-state index in [-0.39, 0.29) is 0 Å². The van der Waals surface area contributed by atoms with Gasteiger partial charge in [-0.15, -0.1) is 0 Å². The topological polar surface area (TPSA) is 52.8 Å². The van der Waals surface area contributed by atoms with Crippen LogP contribution in [0.1, 0.15) is 18.2 Å². The lowest BCUT2D eigenvalue weighted by molar-refractivity contribution is 0.966. The molecule has 0 bridgehead atoms. The predicted molar refractivity (Wildman–Crippen MR) is 70.6 cm³/mol. The largest absolute Gasteiger partial charge is 0.325 e. The minimum absolute atomic E-state index is 0.333. The summed E-state index contributed by atoms with van der Waals surface area (Å²) in [5.74, 6) is 0.755. The Hall–Kier alpha value is -2.41. The average molecular weight is 238 g/mol. The van der Waals surface area contributed by atoms with Gasteiger partial charge in [-0.1, -0.05) is 18.2 Å². The zero-order valence-electron chi connectivity index (χ0n) is 10.5. The number of aryl methyl sites for hydroxylation is 1. The van der Waals surface area contributed by atoms with E-state index in [1.807, 2.05) is 18.2 Å². The molecule has 4 heteroatoms. The van der Waals surface area contributed by atoms with E-state index >= 15 is 0 Å². The number of para-hydroxylation sites is 1. The SMILES string of the molecule is CCN(c1cnc(C#N)cn1)c1ccccc1C. The Morgan fingerprint density at radius 2 is 2.00 bits per heavy atom. The molecule has 0 aliphatic rings. The van der Waals surface area contributed by atoms with E-state index in [0.717, 1.165) is 18.1 Å². The molecule has 0 aliphatic heterocycles. The van der Waals surface area contributed by atoms with Gasteiger partial charge >= 0.3 is 0 Å². The van der Waals surface area contributed by atoms with Crippen molar-refractivity contribution in [2.75, 3.05) is 11.4 Å². The number of rotatable bonds is 3. The van der Waals surface area contributed by atoms with Gasteiger partial charge in [0.15, 0.2) is 11.5 Å². The molecule has 0 spiro atoms. The van der Waals surface area contributed by atoms with Crippen molar-refractivity contribution < 1.29 is 0 Å². The summed E-state index contributed by atoms with van der Waals surface area (Å²) in [6, 6.07) is 10.1. The van der Waals surface area contributed by atoms with Crippen LogP contribution in [0.4, 0.5) is 11.5 Å². The standard InChI is InChI=1S/C14H14N4/c1-3-18(13-7-5-4-6-11(13)2)14-10-16-12(8-15)9-17-14/h4-7,9-10H,3H2,1-2H3. The smallest absolute Gasteiger partial charge is 0.158 e. The Morgan fingerprint density at radius 3 is 2.56 bits per heavy atom. The molecule has 18 heavy (non-hydrogen) atoms. The number of nitriles is 1. The molecule has 1 aromatic carbocycles. The van der Waals surface area contributed by atoms with Crippen molar-refractivity contribution >= 4 is 11.5 Å². The fraction of sp³-hybridized carbons (Fsp3) is 0.214. The molecule has 0 fully saturated rings. The zero-order chi connectivity index (χ0) is 13.0. The highest BCUT2D eigenvalue weighted by Crippen LogP contribution is 2.25. The third-order valence-corrected chi connectivity index (χ3v) is 2.75. The summed E-state index contributed by atoms with van der Waals surface area (Å²) >= 11 is 0. The Labute approximate surface area is 107 Å². The quantitative estimate of drug-likeness (QED) is 0.825. The van der Waals surface area contributed by atoms with Gasteiger partial charge in [0, 0.05) is 12.2 Å². The molecule has 0 aliphatic carbocycles. The maximum absolute atomic E-state index is 8.72. The summed E-state index contributed by atoms with van der Waals surface area (Å²) in [6.07, 6.45) is 3.13.